The van der Waals surface area contributed by atoms with Gasteiger partial charge in [0.05, 0.1) is 8.81 Å². The normalized spacial score (nSPS) is 29.1. The zero-order valence-electron chi connectivity index (χ0n) is 8.90. The number of fused-ring (bicyclic) bond motifs is 2. The summed E-state index contributed by atoms with van der Waals surface area (Å²) in [5, 5.41) is 0.470. The molecule has 2 bridgehead atoms. The van der Waals surface area contributed by atoms with E-state index in [1.807, 2.05) is 0 Å². The standard InChI is InChI=1S/C10H11BrClNO2S2/c11-10-8(12)4-9(16-10)17(14,15)13-5-6-1-2-7(13)3-6/h4,6-7H,1-3,5H2. The van der Waals surface area contributed by atoms with Crippen LogP contribution in [0.2, 0.25) is 5.02 Å². The smallest absolute Gasteiger partial charge is 0.206 e. The molecule has 3 rings (SSSR count). The first kappa shape index (κ1) is 12.4. The lowest BCUT2D eigenvalue weighted by molar-refractivity contribution is 0.334. The van der Waals surface area contributed by atoms with E-state index in [2.05, 4.69) is 15.9 Å². The number of hydrogen-bond acceptors (Lipinski definition) is 3. The van der Waals surface area contributed by atoms with Crippen LogP contribution in [0, 0.1) is 5.92 Å². The Morgan fingerprint density at radius 1 is 1.47 bits per heavy atom. The molecule has 0 spiro atoms. The molecular formula is C10H11BrClNO2S2. The topological polar surface area (TPSA) is 37.4 Å². The second kappa shape index (κ2) is 4.20. The highest BCUT2D eigenvalue weighted by Crippen LogP contribution is 2.43. The molecule has 0 radical (unpaired) electrons. The lowest BCUT2D eigenvalue weighted by Gasteiger charge is -2.25. The molecule has 1 saturated carbocycles. The summed E-state index contributed by atoms with van der Waals surface area (Å²) in [7, 11) is -3.33. The summed E-state index contributed by atoms with van der Waals surface area (Å²) >= 11 is 10.4. The van der Waals surface area contributed by atoms with Crippen LogP contribution >= 0.6 is 38.9 Å². The maximum atomic E-state index is 12.4. The van der Waals surface area contributed by atoms with E-state index in [4.69, 9.17) is 11.6 Å². The average molecular weight is 357 g/mol. The van der Waals surface area contributed by atoms with Gasteiger partial charge < -0.3 is 0 Å². The minimum Gasteiger partial charge on any atom is -0.206 e. The summed E-state index contributed by atoms with van der Waals surface area (Å²) in [5.41, 5.74) is 0. The Hall–Kier alpha value is 0.380. The van der Waals surface area contributed by atoms with Crippen LogP contribution in [-0.4, -0.2) is 25.3 Å². The molecule has 94 valence electrons. The van der Waals surface area contributed by atoms with Gasteiger partial charge in [-0.15, -0.1) is 11.3 Å². The van der Waals surface area contributed by atoms with Crippen LogP contribution in [0.4, 0.5) is 0 Å². The molecule has 2 fully saturated rings. The number of rotatable bonds is 2. The van der Waals surface area contributed by atoms with Crippen LogP contribution in [0.15, 0.2) is 14.1 Å². The Morgan fingerprint density at radius 3 is 2.71 bits per heavy atom. The van der Waals surface area contributed by atoms with E-state index in [1.54, 1.807) is 4.31 Å². The Labute approximate surface area is 118 Å². The van der Waals surface area contributed by atoms with Crippen molar-refractivity contribution in [3.8, 4) is 0 Å². The quantitative estimate of drug-likeness (QED) is 0.815. The fourth-order valence-corrected chi connectivity index (χ4v) is 7.01. The van der Waals surface area contributed by atoms with Gasteiger partial charge in [0.1, 0.15) is 4.21 Å². The molecule has 1 aromatic rings. The van der Waals surface area contributed by atoms with E-state index in [1.165, 1.54) is 23.8 Å². The minimum atomic E-state index is -3.33. The van der Waals surface area contributed by atoms with Crippen molar-refractivity contribution in [3.63, 3.8) is 0 Å². The van der Waals surface area contributed by atoms with Gasteiger partial charge >= 0.3 is 0 Å². The zero-order valence-corrected chi connectivity index (χ0v) is 12.9. The molecule has 0 amide bonds. The van der Waals surface area contributed by atoms with E-state index < -0.39 is 10.0 Å². The Morgan fingerprint density at radius 2 is 2.24 bits per heavy atom. The third kappa shape index (κ3) is 1.98. The Balaban J connectivity index is 1.96. The fraction of sp³-hybridized carbons (Fsp3) is 0.600. The number of hydrogen-bond donors (Lipinski definition) is 0. The molecule has 7 heteroatoms. The molecule has 2 aliphatic rings. The third-order valence-corrected chi connectivity index (χ3v) is 8.39. The second-order valence-electron chi connectivity index (χ2n) is 4.59. The summed E-state index contributed by atoms with van der Waals surface area (Å²) < 4.78 is 27.6. The highest BCUT2D eigenvalue weighted by molar-refractivity contribution is 9.11. The first-order valence-corrected chi connectivity index (χ1v) is 8.88. The largest absolute Gasteiger partial charge is 0.252 e. The maximum absolute atomic E-state index is 12.4. The molecular weight excluding hydrogens is 346 g/mol. The molecule has 2 heterocycles. The summed E-state index contributed by atoms with van der Waals surface area (Å²) in [6.07, 6.45) is 3.20. The predicted molar refractivity (Wildman–Crippen MR) is 72.0 cm³/mol. The molecule has 2 unspecified atom stereocenters. The molecule has 1 aliphatic carbocycles. The first-order chi connectivity index (χ1) is 7.98. The van der Waals surface area contributed by atoms with Crippen LogP contribution in [0.25, 0.3) is 0 Å². The van der Waals surface area contributed by atoms with Crippen molar-refractivity contribution in [3.05, 3.63) is 14.9 Å². The van der Waals surface area contributed by atoms with Gasteiger partial charge in [-0.3, -0.25) is 0 Å². The van der Waals surface area contributed by atoms with Crippen molar-refractivity contribution in [1.82, 2.24) is 4.31 Å². The third-order valence-electron chi connectivity index (χ3n) is 3.54. The maximum Gasteiger partial charge on any atom is 0.252 e. The predicted octanol–water partition coefficient (Wildman–Crippen LogP) is 3.34. The van der Waals surface area contributed by atoms with Crippen molar-refractivity contribution < 1.29 is 8.42 Å². The monoisotopic (exact) mass is 355 g/mol. The number of nitrogens with zero attached hydrogens (tertiary/aromatic N) is 1. The van der Waals surface area contributed by atoms with E-state index in [9.17, 15) is 8.42 Å². The molecule has 1 aromatic heterocycles. The second-order valence-corrected chi connectivity index (χ2v) is 9.49. The van der Waals surface area contributed by atoms with Gasteiger partial charge in [-0.1, -0.05) is 11.6 Å². The molecule has 0 N–H and O–H groups in total. The van der Waals surface area contributed by atoms with E-state index in [0.717, 1.165) is 12.8 Å². The van der Waals surface area contributed by atoms with Gasteiger partial charge in [-0.2, -0.15) is 4.31 Å². The zero-order chi connectivity index (χ0) is 12.2. The lowest BCUT2D eigenvalue weighted by Crippen LogP contribution is -2.37. The van der Waals surface area contributed by atoms with Gasteiger partial charge in [0.15, 0.2) is 0 Å². The molecule has 3 nitrogen and oxygen atoms in total. The highest BCUT2D eigenvalue weighted by Gasteiger charge is 2.44. The molecule has 0 aromatic carbocycles. The van der Waals surface area contributed by atoms with Crippen LogP contribution in [-0.2, 0) is 10.0 Å². The van der Waals surface area contributed by atoms with Crippen molar-refractivity contribution in [2.45, 2.75) is 29.5 Å². The number of thiophene rings is 1. The molecule has 1 saturated heterocycles. The van der Waals surface area contributed by atoms with E-state index in [0.29, 0.717) is 25.5 Å². The number of halogens is 2. The summed E-state index contributed by atoms with van der Waals surface area (Å²) in [5.74, 6) is 0.564. The Bertz CT molecular complexity index is 537. The summed E-state index contributed by atoms with van der Waals surface area (Å²) in [6.45, 7) is 0.681. The van der Waals surface area contributed by atoms with Crippen molar-refractivity contribution in [1.29, 1.82) is 0 Å². The van der Waals surface area contributed by atoms with Crippen LogP contribution in [0.3, 0.4) is 0 Å². The first-order valence-electron chi connectivity index (χ1n) is 5.45. The number of piperidine rings is 1. The highest BCUT2D eigenvalue weighted by atomic mass is 79.9. The van der Waals surface area contributed by atoms with Crippen molar-refractivity contribution in [2.24, 2.45) is 5.92 Å². The van der Waals surface area contributed by atoms with Crippen LogP contribution in [0.1, 0.15) is 19.3 Å². The van der Waals surface area contributed by atoms with Crippen LogP contribution in [0.5, 0.6) is 0 Å². The van der Waals surface area contributed by atoms with Crippen molar-refractivity contribution in [2.75, 3.05) is 6.54 Å². The van der Waals surface area contributed by atoms with E-state index in [-0.39, 0.29) is 6.04 Å². The SMILES string of the molecule is O=S(=O)(c1cc(Cl)c(Br)s1)N1CC2CCC1C2. The van der Waals surface area contributed by atoms with Gasteiger partial charge in [-0.05, 0) is 47.2 Å². The molecule has 1 aliphatic heterocycles. The number of sulfonamides is 1. The van der Waals surface area contributed by atoms with Gasteiger partial charge in [0.2, 0.25) is 0 Å². The van der Waals surface area contributed by atoms with E-state index >= 15 is 0 Å². The van der Waals surface area contributed by atoms with Gasteiger partial charge in [0.25, 0.3) is 10.0 Å². The molecule has 17 heavy (non-hydrogen) atoms. The summed E-state index contributed by atoms with van der Waals surface area (Å²) in [6, 6.07) is 1.75. The molecule has 2 atom stereocenters. The Kier molecular flexibility index (Phi) is 3.07. The summed E-state index contributed by atoms with van der Waals surface area (Å²) in [4.78, 5) is 0. The lowest BCUT2D eigenvalue weighted by atomic mass is 10.1. The fourth-order valence-electron chi connectivity index (χ4n) is 2.74. The van der Waals surface area contributed by atoms with Gasteiger partial charge in [0, 0.05) is 12.6 Å². The van der Waals surface area contributed by atoms with Gasteiger partial charge in [-0.25, -0.2) is 8.42 Å². The average Bonchev–Trinajstić information content (AvgIpc) is 2.95. The van der Waals surface area contributed by atoms with Crippen LogP contribution < -0.4 is 0 Å². The minimum absolute atomic E-state index is 0.213. The van der Waals surface area contributed by atoms with Crippen molar-refractivity contribution >= 4 is 48.9 Å².